The van der Waals surface area contributed by atoms with Gasteiger partial charge in [0.15, 0.2) is 0 Å². The molecule has 0 aliphatic carbocycles. The third-order valence-corrected chi connectivity index (χ3v) is 4.53. The molecule has 1 fully saturated rings. The molecule has 1 aromatic rings. The summed E-state index contributed by atoms with van der Waals surface area (Å²) < 4.78 is 5.65. The summed E-state index contributed by atoms with van der Waals surface area (Å²) in [6.07, 6.45) is 5.55. The zero-order chi connectivity index (χ0) is 26.8. The molecule has 0 bridgehead atoms. The Balaban J connectivity index is 0.000000601. The number of hydrogen-bond donors (Lipinski definition) is 5. The van der Waals surface area contributed by atoms with E-state index in [0.717, 1.165) is 43.2 Å². The van der Waals surface area contributed by atoms with Crippen molar-refractivity contribution in [3.63, 3.8) is 0 Å². The van der Waals surface area contributed by atoms with Crippen molar-refractivity contribution in [2.75, 3.05) is 26.2 Å². The first kappa shape index (κ1) is 31.6. The fourth-order valence-electron chi connectivity index (χ4n) is 2.90. The van der Waals surface area contributed by atoms with E-state index in [-0.39, 0.29) is 0 Å². The van der Waals surface area contributed by atoms with Gasteiger partial charge in [0, 0.05) is 48.5 Å². The van der Waals surface area contributed by atoms with Crippen LogP contribution in [-0.2, 0) is 25.6 Å². The highest BCUT2D eigenvalue weighted by Crippen LogP contribution is 2.24. The Labute approximate surface area is 208 Å². The highest BCUT2D eigenvalue weighted by Gasteiger charge is 2.16. The predicted molar refractivity (Wildman–Crippen MR) is 129 cm³/mol. The zero-order valence-electron chi connectivity index (χ0n) is 19.3. The summed E-state index contributed by atoms with van der Waals surface area (Å²) in [6, 6.07) is 6.19. The first-order valence-corrected chi connectivity index (χ1v) is 11.0. The van der Waals surface area contributed by atoms with E-state index < -0.39 is 23.9 Å². The molecule has 0 aromatic heterocycles. The monoisotopic (exact) mass is 514 g/mol. The van der Waals surface area contributed by atoms with Crippen molar-refractivity contribution >= 4 is 35.5 Å². The Bertz CT molecular complexity index is 837. The van der Waals surface area contributed by atoms with Gasteiger partial charge < -0.3 is 35.8 Å². The molecule has 0 radical (unpaired) electrons. The van der Waals surface area contributed by atoms with E-state index in [1.807, 2.05) is 25.1 Å². The summed E-state index contributed by atoms with van der Waals surface area (Å²) in [5.74, 6) is -4.08. The van der Waals surface area contributed by atoms with Crippen molar-refractivity contribution in [1.29, 1.82) is 0 Å². The van der Waals surface area contributed by atoms with Crippen LogP contribution in [0, 0.1) is 0 Å². The lowest BCUT2D eigenvalue weighted by atomic mass is 10.1. The SMILES string of the molecule is CCOc1ccc(Cl)cc1CCN1CCC[C@H](N)C1.O=C(O)/C=C/C(=O)O.O=C(O)/C=C/C(=O)O. The van der Waals surface area contributed by atoms with E-state index in [4.69, 9.17) is 42.5 Å². The summed E-state index contributed by atoms with van der Waals surface area (Å²) in [5, 5.41) is 32.0. The number of hydrogen-bond acceptors (Lipinski definition) is 7. The molecule has 0 saturated carbocycles. The molecule has 11 nitrogen and oxygen atoms in total. The van der Waals surface area contributed by atoms with E-state index in [9.17, 15) is 19.2 Å². The van der Waals surface area contributed by atoms with Gasteiger partial charge in [-0.1, -0.05) is 11.6 Å². The second-order valence-electron chi connectivity index (χ2n) is 7.16. The first-order chi connectivity index (χ1) is 16.4. The van der Waals surface area contributed by atoms with Gasteiger partial charge in [0.05, 0.1) is 6.61 Å². The van der Waals surface area contributed by atoms with Crippen molar-refractivity contribution < 1.29 is 44.3 Å². The molecular formula is C23H31ClN2O9. The molecule has 0 spiro atoms. The molecule has 0 amide bonds. The van der Waals surface area contributed by atoms with Crippen LogP contribution in [0.3, 0.4) is 0 Å². The zero-order valence-corrected chi connectivity index (χ0v) is 20.1. The van der Waals surface area contributed by atoms with Gasteiger partial charge in [-0.3, -0.25) is 0 Å². The highest BCUT2D eigenvalue weighted by atomic mass is 35.5. The molecule has 6 N–H and O–H groups in total. The summed E-state index contributed by atoms with van der Waals surface area (Å²) >= 11 is 6.07. The molecule has 35 heavy (non-hydrogen) atoms. The smallest absolute Gasteiger partial charge is 0.328 e. The third-order valence-electron chi connectivity index (χ3n) is 4.30. The van der Waals surface area contributed by atoms with Gasteiger partial charge in [-0.15, -0.1) is 0 Å². The van der Waals surface area contributed by atoms with Crippen molar-refractivity contribution in [3.8, 4) is 5.75 Å². The maximum Gasteiger partial charge on any atom is 0.328 e. The number of halogens is 1. The number of likely N-dealkylation sites (tertiary alicyclic amines) is 1. The molecule has 1 aliphatic heterocycles. The number of rotatable bonds is 9. The van der Waals surface area contributed by atoms with E-state index in [1.165, 1.54) is 12.0 Å². The molecule has 1 atom stereocenters. The van der Waals surface area contributed by atoms with E-state index >= 15 is 0 Å². The Morgan fingerprint density at radius 3 is 1.97 bits per heavy atom. The topological polar surface area (TPSA) is 188 Å². The molecule has 1 heterocycles. The molecule has 0 unspecified atom stereocenters. The average molecular weight is 515 g/mol. The predicted octanol–water partition coefficient (Wildman–Crippen LogP) is 2.13. The second-order valence-corrected chi connectivity index (χ2v) is 7.59. The van der Waals surface area contributed by atoms with Crippen LogP contribution in [0.1, 0.15) is 25.3 Å². The normalized spacial score (nSPS) is 15.5. The van der Waals surface area contributed by atoms with Gasteiger partial charge in [0.25, 0.3) is 0 Å². The van der Waals surface area contributed by atoms with E-state index in [2.05, 4.69) is 4.90 Å². The number of aliphatic carboxylic acids is 4. The van der Waals surface area contributed by atoms with Crippen LogP contribution in [0.25, 0.3) is 0 Å². The molecule has 194 valence electrons. The van der Waals surface area contributed by atoms with Gasteiger partial charge in [0.1, 0.15) is 5.75 Å². The number of carboxylic acid groups (broad SMARTS) is 4. The van der Waals surface area contributed by atoms with Crippen LogP contribution >= 0.6 is 11.6 Å². The quantitative estimate of drug-likeness (QED) is 0.303. The van der Waals surface area contributed by atoms with Crippen molar-refractivity contribution in [3.05, 3.63) is 53.1 Å². The Kier molecular flexibility index (Phi) is 16.2. The van der Waals surface area contributed by atoms with Crippen molar-refractivity contribution in [1.82, 2.24) is 4.90 Å². The first-order valence-electron chi connectivity index (χ1n) is 10.6. The number of nitrogens with zero attached hydrogens (tertiary/aromatic N) is 1. The largest absolute Gasteiger partial charge is 0.494 e. The van der Waals surface area contributed by atoms with Crippen LogP contribution in [-0.4, -0.2) is 81.5 Å². The fraction of sp³-hybridized carbons (Fsp3) is 0.391. The number of ether oxygens (including phenoxy) is 1. The Hall–Kier alpha value is -3.41. The number of nitrogens with two attached hydrogens (primary N) is 1. The Morgan fingerprint density at radius 2 is 1.54 bits per heavy atom. The van der Waals surface area contributed by atoms with Gasteiger partial charge in [-0.25, -0.2) is 19.2 Å². The van der Waals surface area contributed by atoms with E-state index in [0.29, 0.717) is 37.0 Å². The minimum atomic E-state index is -1.26. The summed E-state index contributed by atoms with van der Waals surface area (Å²) in [7, 11) is 0. The van der Waals surface area contributed by atoms with Gasteiger partial charge in [-0.2, -0.15) is 0 Å². The highest BCUT2D eigenvalue weighted by molar-refractivity contribution is 6.30. The fourth-order valence-corrected chi connectivity index (χ4v) is 3.09. The van der Waals surface area contributed by atoms with Crippen molar-refractivity contribution in [2.24, 2.45) is 5.73 Å². The van der Waals surface area contributed by atoms with Crippen LogP contribution in [0.15, 0.2) is 42.5 Å². The minimum Gasteiger partial charge on any atom is -0.494 e. The summed E-state index contributed by atoms with van der Waals surface area (Å²) in [5.41, 5.74) is 7.20. The molecule has 1 aliphatic rings. The van der Waals surface area contributed by atoms with Crippen molar-refractivity contribution in [2.45, 2.75) is 32.2 Å². The average Bonchev–Trinajstić information content (AvgIpc) is 2.77. The Morgan fingerprint density at radius 1 is 1.03 bits per heavy atom. The number of benzene rings is 1. The van der Waals surface area contributed by atoms with E-state index in [1.54, 1.807) is 0 Å². The lowest BCUT2D eigenvalue weighted by molar-refractivity contribution is -0.134. The standard InChI is InChI=1S/C15H23ClN2O.2C4H4O4/c1-2-19-15-6-5-13(16)10-12(15)7-9-18-8-3-4-14(17)11-18;2*5-3(6)1-2-4(7)8/h5-6,10,14H,2-4,7-9,11,17H2,1H3;2*1-2H,(H,5,6)(H,7,8)/b;2*2-1+/t14-;;/m0../s1. The lowest BCUT2D eigenvalue weighted by Crippen LogP contribution is -2.43. The lowest BCUT2D eigenvalue weighted by Gasteiger charge is -2.30. The number of carbonyl (C=O) groups is 4. The van der Waals surface area contributed by atoms with Crippen LogP contribution in [0.4, 0.5) is 0 Å². The molecule has 12 heteroatoms. The summed E-state index contributed by atoms with van der Waals surface area (Å²) in [6.45, 7) is 5.86. The molecule has 1 saturated heterocycles. The number of piperidine rings is 1. The summed E-state index contributed by atoms with van der Waals surface area (Å²) in [4.78, 5) is 40.6. The second kappa shape index (κ2) is 18.0. The third kappa shape index (κ3) is 17.7. The van der Waals surface area contributed by atoms with Gasteiger partial charge in [0.2, 0.25) is 0 Å². The van der Waals surface area contributed by atoms with Gasteiger partial charge in [-0.05, 0) is 56.5 Å². The van der Waals surface area contributed by atoms with Crippen LogP contribution in [0.5, 0.6) is 5.75 Å². The molecule has 2 rings (SSSR count). The number of carboxylic acids is 4. The molecule has 1 aromatic carbocycles. The molecular weight excluding hydrogens is 484 g/mol. The minimum absolute atomic E-state index is 0.333. The van der Waals surface area contributed by atoms with Crippen LogP contribution in [0.2, 0.25) is 5.02 Å². The maximum absolute atomic E-state index is 9.55. The van der Waals surface area contributed by atoms with Gasteiger partial charge >= 0.3 is 23.9 Å². The maximum atomic E-state index is 9.55. The van der Waals surface area contributed by atoms with Crippen LogP contribution < -0.4 is 10.5 Å².